The first-order chi connectivity index (χ1) is 9.04. The van der Waals surface area contributed by atoms with Crippen molar-refractivity contribution < 1.29 is 19.4 Å². The van der Waals surface area contributed by atoms with Gasteiger partial charge in [0.05, 0.1) is 6.61 Å². The highest BCUT2D eigenvalue weighted by Gasteiger charge is 2.22. The number of hydrogen-bond donors (Lipinski definition) is 2. The molecule has 0 aliphatic heterocycles. The number of esters is 1. The van der Waals surface area contributed by atoms with Crippen LogP contribution in [0.1, 0.15) is 26.7 Å². The lowest BCUT2D eigenvalue weighted by molar-refractivity contribution is -0.139. The van der Waals surface area contributed by atoms with Crippen LogP contribution in [0.5, 0.6) is 0 Å². The van der Waals surface area contributed by atoms with Gasteiger partial charge in [-0.15, -0.1) is 0 Å². The number of carboxylic acid groups (broad SMARTS) is 1. The van der Waals surface area contributed by atoms with Gasteiger partial charge in [-0.05, 0) is 32.3 Å². The molecule has 0 aromatic heterocycles. The topological polar surface area (TPSA) is 75.6 Å². The molecule has 0 aromatic rings. The van der Waals surface area contributed by atoms with E-state index in [1.807, 2.05) is 18.2 Å². The average Bonchev–Trinajstić information content (AvgIpc) is 2.37. The van der Waals surface area contributed by atoms with Crippen molar-refractivity contribution in [3.63, 3.8) is 0 Å². The Labute approximate surface area is 112 Å². The highest BCUT2D eigenvalue weighted by Crippen LogP contribution is 2.16. The summed E-state index contributed by atoms with van der Waals surface area (Å²) in [6.07, 6.45) is 8.43. The minimum absolute atomic E-state index is 0.293. The molecule has 0 heterocycles. The van der Waals surface area contributed by atoms with E-state index in [4.69, 9.17) is 4.74 Å². The first-order valence-corrected chi connectivity index (χ1v) is 6.23. The predicted molar refractivity (Wildman–Crippen MR) is 71.4 cm³/mol. The third-order valence-electron chi connectivity index (χ3n) is 2.65. The Morgan fingerprint density at radius 1 is 1.53 bits per heavy atom. The zero-order valence-corrected chi connectivity index (χ0v) is 11.2. The van der Waals surface area contributed by atoms with Gasteiger partial charge in [-0.25, -0.2) is 9.59 Å². The second kappa shape index (κ2) is 7.41. The van der Waals surface area contributed by atoms with Crippen LogP contribution < -0.4 is 5.32 Å². The maximum Gasteiger partial charge on any atom is 0.332 e. The maximum absolute atomic E-state index is 11.3. The predicted octanol–water partition coefficient (Wildman–Crippen LogP) is 1.77. The van der Waals surface area contributed by atoms with E-state index in [1.54, 1.807) is 13.8 Å². The number of allylic oxidation sites excluding steroid dienone is 4. The lowest BCUT2D eigenvalue weighted by Crippen LogP contribution is -2.37. The summed E-state index contributed by atoms with van der Waals surface area (Å²) in [7, 11) is 0. The van der Waals surface area contributed by atoms with E-state index in [2.05, 4.69) is 5.32 Å². The summed E-state index contributed by atoms with van der Waals surface area (Å²) in [4.78, 5) is 22.5. The van der Waals surface area contributed by atoms with Gasteiger partial charge in [-0.3, -0.25) is 0 Å². The lowest BCUT2D eigenvalue weighted by atomic mass is 9.98. The molecule has 5 heteroatoms. The normalized spacial score (nSPS) is 16.5. The Hall–Kier alpha value is -2.04. The van der Waals surface area contributed by atoms with Crippen LogP contribution in [0, 0.1) is 0 Å². The molecule has 0 spiro atoms. The van der Waals surface area contributed by atoms with E-state index >= 15 is 0 Å². The largest absolute Gasteiger partial charge is 0.479 e. The standard InChI is InChI=1S/C14H19NO4/c1-3-19-12(16)9-10(2)15-13(14(17)18)11-7-5-4-6-8-11/h4-5,8-9,13,15H,3,6-7H2,1-2H3,(H,17,18)/b10-9+/t13-/m1/s1. The molecule has 0 saturated heterocycles. The Morgan fingerprint density at radius 2 is 2.26 bits per heavy atom. The Morgan fingerprint density at radius 3 is 2.79 bits per heavy atom. The van der Waals surface area contributed by atoms with Crippen LogP contribution in [-0.4, -0.2) is 29.7 Å². The monoisotopic (exact) mass is 265 g/mol. The quantitative estimate of drug-likeness (QED) is 0.435. The molecule has 0 amide bonds. The van der Waals surface area contributed by atoms with E-state index in [0.29, 0.717) is 18.7 Å². The number of hydrogen-bond acceptors (Lipinski definition) is 4. The first-order valence-electron chi connectivity index (χ1n) is 6.23. The average molecular weight is 265 g/mol. The van der Waals surface area contributed by atoms with Crippen molar-refractivity contribution in [3.8, 4) is 0 Å². The highest BCUT2D eigenvalue weighted by molar-refractivity contribution is 5.83. The summed E-state index contributed by atoms with van der Waals surface area (Å²) in [5, 5.41) is 12.1. The molecule has 5 nitrogen and oxygen atoms in total. The Kier molecular flexibility index (Phi) is 5.85. The van der Waals surface area contributed by atoms with Crippen LogP contribution in [0.2, 0.25) is 0 Å². The molecule has 1 aliphatic carbocycles. The van der Waals surface area contributed by atoms with E-state index in [9.17, 15) is 14.7 Å². The van der Waals surface area contributed by atoms with Gasteiger partial charge in [-0.1, -0.05) is 18.2 Å². The number of aliphatic carboxylic acids is 1. The van der Waals surface area contributed by atoms with Gasteiger partial charge in [0, 0.05) is 11.8 Å². The Bertz CT molecular complexity index is 435. The minimum atomic E-state index is -0.960. The van der Waals surface area contributed by atoms with Gasteiger partial charge < -0.3 is 15.2 Å². The molecule has 0 radical (unpaired) electrons. The molecule has 1 rings (SSSR count). The second-order valence-electron chi connectivity index (χ2n) is 4.19. The van der Waals surface area contributed by atoms with E-state index in [-0.39, 0.29) is 0 Å². The Balaban J connectivity index is 2.71. The fraction of sp³-hybridized carbons (Fsp3) is 0.429. The molecule has 0 aromatic carbocycles. The molecule has 1 aliphatic rings. The summed E-state index contributed by atoms with van der Waals surface area (Å²) in [6.45, 7) is 3.65. The van der Waals surface area contributed by atoms with Gasteiger partial charge in [0.1, 0.15) is 6.04 Å². The summed E-state index contributed by atoms with van der Waals surface area (Å²) >= 11 is 0. The zero-order valence-electron chi connectivity index (χ0n) is 11.2. The molecule has 0 bridgehead atoms. The number of nitrogens with one attached hydrogen (secondary N) is 1. The molecule has 0 fully saturated rings. The van der Waals surface area contributed by atoms with Gasteiger partial charge in [0.25, 0.3) is 0 Å². The summed E-state index contributed by atoms with van der Waals surface area (Å²) in [5.74, 6) is -1.44. The van der Waals surface area contributed by atoms with Gasteiger partial charge >= 0.3 is 11.9 Å². The third-order valence-corrected chi connectivity index (χ3v) is 2.65. The molecule has 1 atom stereocenters. The SMILES string of the molecule is CCOC(=O)/C=C(\C)N[C@@H](C(=O)O)C1=CCC=CC1. The smallest absolute Gasteiger partial charge is 0.332 e. The molecule has 0 saturated carbocycles. The van der Waals surface area contributed by atoms with Crippen LogP contribution in [0.3, 0.4) is 0 Å². The van der Waals surface area contributed by atoms with Crippen LogP contribution in [0.4, 0.5) is 0 Å². The van der Waals surface area contributed by atoms with E-state index in [0.717, 1.165) is 12.0 Å². The molecule has 0 unspecified atom stereocenters. The van der Waals surface area contributed by atoms with E-state index < -0.39 is 18.0 Å². The van der Waals surface area contributed by atoms with Gasteiger partial charge in [-0.2, -0.15) is 0 Å². The first kappa shape index (κ1) is 15.0. The number of rotatable bonds is 6. The van der Waals surface area contributed by atoms with Gasteiger partial charge in [0.15, 0.2) is 0 Å². The zero-order chi connectivity index (χ0) is 14.3. The number of carboxylic acids is 1. The summed E-state index contributed by atoms with van der Waals surface area (Å²) in [6, 6.07) is -0.810. The molecular weight excluding hydrogens is 246 g/mol. The number of carbonyl (C=O) groups excluding carboxylic acids is 1. The highest BCUT2D eigenvalue weighted by atomic mass is 16.5. The van der Waals surface area contributed by atoms with Crippen molar-refractivity contribution in [2.24, 2.45) is 0 Å². The van der Waals surface area contributed by atoms with Crippen LogP contribution in [0.15, 0.2) is 35.6 Å². The fourth-order valence-corrected chi connectivity index (χ4v) is 1.80. The second-order valence-corrected chi connectivity index (χ2v) is 4.19. The van der Waals surface area contributed by atoms with E-state index in [1.165, 1.54) is 6.08 Å². The van der Waals surface area contributed by atoms with Crippen molar-refractivity contribution in [3.05, 3.63) is 35.6 Å². The lowest BCUT2D eigenvalue weighted by Gasteiger charge is -2.20. The summed E-state index contributed by atoms with van der Waals surface area (Å²) < 4.78 is 4.77. The van der Waals surface area contributed by atoms with Crippen molar-refractivity contribution in [2.75, 3.05) is 6.61 Å². The minimum Gasteiger partial charge on any atom is -0.479 e. The van der Waals surface area contributed by atoms with Crippen molar-refractivity contribution in [1.29, 1.82) is 0 Å². The number of ether oxygens (including phenoxy) is 1. The van der Waals surface area contributed by atoms with Crippen molar-refractivity contribution in [1.82, 2.24) is 5.32 Å². The molecule has 2 N–H and O–H groups in total. The molecule has 19 heavy (non-hydrogen) atoms. The third kappa shape index (κ3) is 4.99. The fourth-order valence-electron chi connectivity index (χ4n) is 1.80. The maximum atomic E-state index is 11.3. The van der Waals surface area contributed by atoms with Crippen LogP contribution in [0.25, 0.3) is 0 Å². The summed E-state index contributed by atoms with van der Waals surface area (Å²) in [5.41, 5.74) is 1.27. The van der Waals surface area contributed by atoms with Gasteiger partial charge in [0.2, 0.25) is 0 Å². The molecule has 104 valence electrons. The van der Waals surface area contributed by atoms with Crippen molar-refractivity contribution >= 4 is 11.9 Å². The van der Waals surface area contributed by atoms with Crippen LogP contribution >= 0.6 is 0 Å². The molecular formula is C14H19NO4. The van der Waals surface area contributed by atoms with Crippen molar-refractivity contribution in [2.45, 2.75) is 32.7 Å². The van der Waals surface area contributed by atoms with Crippen LogP contribution in [-0.2, 0) is 14.3 Å². The number of carbonyl (C=O) groups is 2.